The highest BCUT2D eigenvalue weighted by molar-refractivity contribution is 7.92. The highest BCUT2D eigenvalue weighted by Gasteiger charge is 2.35. The summed E-state index contributed by atoms with van der Waals surface area (Å²) in [5.41, 5.74) is 0.773. The number of hydrogen-bond acceptors (Lipinski definition) is 5. The average Bonchev–Trinajstić information content (AvgIpc) is 2.97. The summed E-state index contributed by atoms with van der Waals surface area (Å²) in [6.07, 6.45) is 0.997. The lowest BCUT2D eigenvalue weighted by atomic mass is 10.1. The van der Waals surface area contributed by atoms with Gasteiger partial charge in [-0.3, -0.25) is 13.9 Å². The topological polar surface area (TPSA) is 96.0 Å². The van der Waals surface area contributed by atoms with Crippen molar-refractivity contribution in [2.24, 2.45) is 0 Å². The van der Waals surface area contributed by atoms with Crippen LogP contribution in [0, 0.1) is 0 Å². The van der Waals surface area contributed by atoms with E-state index in [1.807, 2.05) is 13.8 Å². The van der Waals surface area contributed by atoms with Crippen LogP contribution in [0.15, 0.2) is 77.7 Å². The van der Waals surface area contributed by atoms with Crippen LogP contribution in [0.4, 0.5) is 5.69 Å². The smallest absolute Gasteiger partial charge is 0.264 e. The van der Waals surface area contributed by atoms with Crippen molar-refractivity contribution in [3.05, 3.63) is 88.4 Å². The minimum absolute atomic E-state index is 0.0120. The van der Waals surface area contributed by atoms with Crippen LogP contribution in [0.5, 0.6) is 5.75 Å². The van der Waals surface area contributed by atoms with Gasteiger partial charge in [0.2, 0.25) is 11.8 Å². The summed E-state index contributed by atoms with van der Waals surface area (Å²) in [5.74, 6) is -0.614. The summed E-state index contributed by atoms with van der Waals surface area (Å²) < 4.78 is 34.9. The lowest BCUT2D eigenvalue weighted by Gasteiger charge is -2.34. The molecule has 0 radical (unpaired) electrons. The molecule has 0 heterocycles. The van der Waals surface area contributed by atoms with E-state index >= 15 is 0 Å². The molecular formula is C31H37Cl2N3O5S. The molecule has 226 valence electrons. The Kier molecular flexibility index (Phi) is 12.1. The van der Waals surface area contributed by atoms with Crippen molar-refractivity contribution < 1.29 is 22.7 Å². The fraction of sp³-hybridized carbons (Fsp3) is 0.355. The number of benzene rings is 3. The average molecular weight is 635 g/mol. The molecule has 1 N–H and O–H groups in total. The van der Waals surface area contributed by atoms with Gasteiger partial charge < -0.3 is 15.0 Å². The van der Waals surface area contributed by atoms with Gasteiger partial charge in [-0.2, -0.15) is 0 Å². The second-order valence-corrected chi connectivity index (χ2v) is 12.4. The first kappa shape index (κ1) is 33.2. The monoisotopic (exact) mass is 633 g/mol. The first-order chi connectivity index (χ1) is 20.0. The fourth-order valence-electron chi connectivity index (χ4n) is 4.37. The molecule has 0 aliphatic heterocycles. The normalized spacial score (nSPS) is 12.7. The van der Waals surface area contributed by atoms with E-state index in [2.05, 4.69) is 5.32 Å². The van der Waals surface area contributed by atoms with Gasteiger partial charge >= 0.3 is 0 Å². The first-order valence-electron chi connectivity index (χ1n) is 13.9. The van der Waals surface area contributed by atoms with Crippen LogP contribution in [0.25, 0.3) is 0 Å². The number of hydrogen-bond donors (Lipinski definition) is 1. The third kappa shape index (κ3) is 8.18. The minimum Gasteiger partial charge on any atom is -0.492 e. The molecule has 42 heavy (non-hydrogen) atoms. The van der Waals surface area contributed by atoms with E-state index in [0.717, 1.165) is 4.31 Å². The van der Waals surface area contributed by atoms with Gasteiger partial charge in [0.25, 0.3) is 10.0 Å². The van der Waals surface area contributed by atoms with Gasteiger partial charge in [-0.15, -0.1) is 0 Å². The number of nitrogens with zero attached hydrogens (tertiary/aromatic N) is 2. The third-order valence-corrected chi connectivity index (χ3v) is 9.15. The number of nitrogens with one attached hydrogen (secondary N) is 1. The number of halogens is 2. The lowest BCUT2D eigenvalue weighted by Crippen LogP contribution is -2.53. The van der Waals surface area contributed by atoms with Crippen LogP contribution in [-0.2, 0) is 26.2 Å². The number of sulfonamides is 1. The van der Waals surface area contributed by atoms with E-state index in [0.29, 0.717) is 40.8 Å². The Hall–Kier alpha value is -3.27. The SMILES string of the molecule is CCOc1ccccc1N(CC(=O)N(Cc1ccc(Cl)cc1Cl)[C@@H](CC)C(=O)N[C@@H](C)CC)S(=O)(=O)c1ccccc1. The van der Waals surface area contributed by atoms with E-state index in [9.17, 15) is 18.0 Å². The molecule has 3 aromatic carbocycles. The number of amides is 2. The van der Waals surface area contributed by atoms with Gasteiger partial charge in [-0.05, 0) is 68.7 Å². The van der Waals surface area contributed by atoms with Crippen molar-refractivity contribution >= 4 is 50.7 Å². The zero-order valence-electron chi connectivity index (χ0n) is 24.2. The molecule has 0 fully saturated rings. The van der Waals surface area contributed by atoms with Gasteiger partial charge in [-0.25, -0.2) is 8.42 Å². The molecule has 0 aliphatic rings. The van der Waals surface area contributed by atoms with Crippen LogP contribution in [0.2, 0.25) is 10.0 Å². The number of anilines is 1. The molecule has 0 bridgehead atoms. The Balaban J connectivity index is 2.12. The Morgan fingerprint density at radius 3 is 2.21 bits per heavy atom. The number of ether oxygens (including phenoxy) is 1. The second kappa shape index (κ2) is 15.3. The predicted octanol–water partition coefficient (Wildman–Crippen LogP) is 6.31. The van der Waals surface area contributed by atoms with Gasteiger partial charge in [0.05, 0.1) is 17.2 Å². The summed E-state index contributed by atoms with van der Waals surface area (Å²) in [7, 11) is -4.22. The van der Waals surface area contributed by atoms with E-state index in [1.54, 1.807) is 74.5 Å². The van der Waals surface area contributed by atoms with E-state index in [4.69, 9.17) is 27.9 Å². The van der Waals surface area contributed by atoms with Crippen molar-refractivity contribution in [2.45, 2.75) is 64.1 Å². The van der Waals surface area contributed by atoms with Crippen molar-refractivity contribution in [1.82, 2.24) is 10.2 Å². The number of carbonyl (C=O) groups excluding carboxylic acids is 2. The Bertz CT molecular complexity index is 1470. The van der Waals surface area contributed by atoms with Gasteiger partial charge in [0, 0.05) is 22.6 Å². The Labute approximate surface area is 258 Å². The molecule has 0 saturated heterocycles. The number of para-hydroxylation sites is 2. The third-order valence-electron chi connectivity index (χ3n) is 6.79. The molecule has 2 amide bonds. The summed E-state index contributed by atoms with van der Waals surface area (Å²) in [5, 5.41) is 3.71. The van der Waals surface area contributed by atoms with Gasteiger partial charge in [0.1, 0.15) is 18.3 Å². The second-order valence-electron chi connectivity index (χ2n) is 9.72. The van der Waals surface area contributed by atoms with E-state index in [-0.39, 0.29) is 29.1 Å². The molecule has 0 aromatic heterocycles. The zero-order chi connectivity index (χ0) is 30.9. The molecule has 0 spiro atoms. The Morgan fingerprint density at radius 2 is 1.60 bits per heavy atom. The van der Waals surface area contributed by atoms with Crippen LogP contribution in [0.3, 0.4) is 0 Å². The van der Waals surface area contributed by atoms with Crippen LogP contribution in [-0.4, -0.2) is 50.4 Å². The van der Waals surface area contributed by atoms with Crippen molar-refractivity contribution in [2.75, 3.05) is 17.5 Å². The van der Waals surface area contributed by atoms with Crippen LogP contribution in [0.1, 0.15) is 46.1 Å². The van der Waals surface area contributed by atoms with E-state index < -0.39 is 28.5 Å². The van der Waals surface area contributed by atoms with Gasteiger partial charge in [-0.1, -0.05) is 73.4 Å². The highest BCUT2D eigenvalue weighted by atomic mass is 35.5. The summed E-state index contributed by atoms with van der Waals surface area (Å²) in [6, 6.07) is 18.4. The van der Waals surface area contributed by atoms with Crippen molar-refractivity contribution in [3.8, 4) is 5.75 Å². The molecule has 3 rings (SSSR count). The summed E-state index contributed by atoms with van der Waals surface area (Å²) >= 11 is 12.6. The number of carbonyl (C=O) groups is 2. The molecule has 0 aliphatic carbocycles. The quantitative estimate of drug-likeness (QED) is 0.224. The maximum absolute atomic E-state index is 14.2. The van der Waals surface area contributed by atoms with Crippen LogP contribution >= 0.6 is 23.2 Å². The lowest BCUT2D eigenvalue weighted by molar-refractivity contribution is -0.140. The maximum atomic E-state index is 14.2. The van der Waals surface area contributed by atoms with Crippen molar-refractivity contribution in [3.63, 3.8) is 0 Å². The maximum Gasteiger partial charge on any atom is 0.264 e. The van der Waals surface area contributed by atoms with E-state index in [1.165, 1.54) is 17.0 Å². The zero-order valence-corrected chi connectivity index (χ0v) is 26.5. The highest BCUT2D eigenvalue weighted by Crippen LogP contribution is 2.33. The standard InChI is InChI=1S/C31H37Cl2N3O5S/c1-5-22(4)34-31(38)27(6-2)35(20-23-17-18-24(32)19-26(23)33)30(37)21-36(28-15-11-12-16-29(28)41-7-3)42(39,40)25-13-9-8-10-14-25/h8-19,22,27H,5-7,20-21H2,1-4H3,(H,34,38)/t22-,27-/m0/s1. The molecule has 11 heteroatoms. The molecule has 3 aromatic rings. The summed E-state index contributed by atoms with van der Waals surface area (Å²) in [6.45, 7) is 7.09. The molecule has 0 saturated carbocycles. The van der Waals surface area contributed by atoms with Crippen LogP contribution < -0.4 is 14.4 Å². The molecule has 0 unspecified atom stereocenters. The first-order valence-corrected chi connectivity index (χ1v) is 16.1. The summed E-state index contributed by atoms with van der Waals surface area (Å²) in [4.78, 5) is 29.1. The molecule has 2 atom stereocenters. The molecular weight excluding hydrogens is 597 g/mol. The largest absolute Gasteiger partial charge is 0.492 e. The van der Waals surface area contributed by atoms with Gasteiger partial charge in [0.15, 0.2) is 0 Å². The minimum atomic E-state index is -4.22. The number of rotatable bonds is 14. The molecule has 8 nitrogen and oxygen atoms in total. The fourth-order valence-corrected chi connectivity index (χ4v) is 6.28. The predicted molar refractivity (Wildman–Crippen MR) is 168 cm³/mol. The van der Waals surface area contributed by atoms with Crippen molar-refractivity contribution in [1.29, 1.82) is 0 Å². The Morgan fingerprint density at radius 1 is 0.929 bits per heavy atom.